The van der Waals surface area contributed by atoms with E-state index >= 15 is 0 Å². The van der Waals surface area contributed by atoms with Gasteiger partial charge in [-0.2, -0.15) is 0 Å². The Bertz CT molecular complexity index is 1500. The van der Waals surface area contributed by atoms with Crippen molar-refractivity contribution in [3.05, 3.63) is 63.9 Å². The van der Waals surface area contributed by atoms with Crippen LogP contribution in [0, 0.1) is 17.8 Å². The van der Waals surface area contributed by atoms with Crippen molar-refractivity contribution in [1.29, 1.82) is 0 Å². The Labute approximate surface area is 225 Å². The molecule has 204 valence electrons. The van der Waals surface area contributed by atoms with Crippen LogP contribution in [0.2, 0.25) is 0 Å². The van der Waals surface area contributed by atoms with E-state index in [1.807, 2.05) is 18.2 Å². The molecule has 3 aliphatic rings. The number of benzene rings is 2. The zero-order valence-corrected chi connectivity index (χ0v) is 21.9. The molecule has 2 aromatic carbocycles. The van der Waals surface area contributed by atoms with Crippen LogP contribution in [0.25, 0.3) is 16.9 Å². The number of aromatic hydroxyl groups is 1. The van der Waals surface area contributed by atoms with Crippen LogP contribution in [0.5, 0.6) is 11.5 Å². The Morgan fingerprint density at radius 2 is 1.85 bits per heavy atom. The summed E-state index contributed by atoms with van der Waals surface area (Å²) in [4.78, 5) is 38.1. The van der Waals surface area contributed by atoms with E-state index in [0.29, 0.717) is 11.5 Å². The van der Waals surface area contributed by atoms with Gasteiger partial charge in [-0.3, -0.25) is 14.4 Å². The monoisotopic (exact) mass is 533 g/mol. The lowest BCUT2D eigenvalue weighted by molar-refractivity contribution is -0.147. The van der Waals surface area contributed by atoms with Crippen LogP contribution in [0.1, 0.15) is 43.4 Å². The lowest BCUT2D eigenvalue weighted by atomic mass is 9.59. The molecule has 0 aliphatic heterocycles. The minimum Gasteiger partial charge on any atom is -0.508 e. The van der Waals surface area contributed by atoms with E-state index in [4.69, 9.17) is 10.5 Å². The second kappa shape index (κ2) is 9.27. The van der Waals surface area contributed by atoms with Gasteiger partial charge in [0.05, 0.1) is 12.7 Å². The number of fused-ring (bicyclic) bond motifs is 3. The SMILES string of the molecule is COc1ccc(-c2ccc(O)c3c2CC2CC4CC(=O)C(C(N)=O)=C(O)C4(O)C(=O)C2=C3O)cc1CC(C)C. The molecular formula is C30H31NO8. The van der Waals surface area contributed by atoms with Crippen LogP contribution in [0.4, 0.5) is 0 Å². The molecule has 0 radical (unpaired) electrons. The smallest absolute Gasteiger partial charge is 0.255 e. The molecule has 0 bridgehead atoms. The normalized spacial score (nSPS) is 24.4. The van der Waals surface area contributed by atoms with Crippen molar-refractivity contribution in [2.24, 2.45) is 23.5 Å². The second-order valence-electron chi connectivity index (χ2n) is 11.0. The average Bonchev–Trinajstić information content (AvgIpc) is 2.85. The highest BCUT2D eigenvalue weighted by Crippen LogP contribution is 2.53. The van der Waals surface area contributed by atoms with E-state index in [1.165, 1.54) is 6.07 Å². The lowest BCUT2D eigenvalue weighted by Gasteiger charge is -2.46. The number of aliphatic hydroxyl groups excluding tert-OH is 2. The number of aliphatic hydroxyl groups is 3. The van der Waals surface area contributed by atoms with Crippen molar-refractivity contribution < 1.29 is 39.5 Å². The van der Waals surface area contributed by atoms with Crippen LogP contribution in [0.3, 0.4) is 0 Å². The first-order valence-electron chi connectivity index (χ1n) is 12.9. The minimum absolute atomic E-state index is 0.0702. The van der Waals surface area contributed by atoms with Crippen molar-refractivity contribution >= 4 is 23.2 Å². The number of ether oxygens (including phenoxy) is 1. The highest BCUT2D eigenvalue weighted by molar-refractivity contribution is 6.22. The maximum Gasteiger partial charge on any atom is 0.255 e. The first-order chi connectivity index (χ1) is 18.4. The highest BCUT2D eigenvalue weighted by Gasteiger charge is 2.60. The third-order valence-electron chi connectivity index (χ3n) is 8.17. The van der Waals surface area contributed by atoms with E-state index in [2.05, 4.69) is 13.8 Å². The number of carbonyl (C=O) groups is 3. The number of methoxy groups -OCH3 is 1. The van der Waals surface area contributed by atoms with E-state index in [-0.39, 0.29) is 36.1 Å². The summed E-state index contributed by atoms with van der Waals surface area (Å²) in [7, 11) is 1.61. The third kappa shape index (κ3) is 3.91. The standard InChI is InChI=1S/C30H31NO8/c1-13(2)8-15-9-14(4-7-22(15)39-3)18-5-6-20(32)24-19(18)11-16-10-17-12-21(33)25(29(31)37)28(36)30(17,38)27(35)23(16)26(24)34/h4-7,9,13,16-17,32,34,36,38H,8,10-12H2,1-3H3,(H2,31,37). The van der Waals surface area contributed by atoms with Gasteiger partial charge in [-0.25, -0.2) is 0 Å². The summed E-state index contributed by atoms with van der Waals surface area (Å²) in [6.07, 6.45) is 0.747. The van der Waals surface area contributed by atoms with Gasteiger partial charge in [0, 0.05) is 17.9 Å². The second-order valence-corrected chi connectivity index (χ2v) is 11.0. The number of phenols is 1. The number of Topliss-reactive ketones (excluding diaryl/α,β-unsaturated/α-hetero) is 2. The molecule has 3 atom stereocenters. The van der Waals surface area contributed by atoms with Gasteiger partial charge in [-0.05, 0) is 71.6 Å². The Morgan fingerprint density at radius 3 is 2.49 bits per heavy atom. The molecule has 0 aromatic heterocycles. The quantitative estimate of drug-likeness (QED) is 0.365. The van der Waals surface area contributed by atoms with E-state index in [1.54, 1.807) is 13.2 Å². The number of carbonyl (C=O) groups excluding carboxylic acids is 3. The van der Waals surface area contributed by atoms with Gasteiger partial charge < -0.3 is 30.9 Å². The topological polar surface area (TPSA) is 167 Å². The Hall–Kier alpha value is -4.11. The van der Waals surface area contributed by atoms with Crippen LogP contribution >= 0.6 is 0 Å². The summed E-state index contributed by atoms with van der Waals surface area (Å²) < 4.78 is 5.54. The zero-order valence-electron chi connectivity index (χ0n) is 21.9. The molecule has 1 amide bonds. The lowest BCUT2D eigenvalue weighted by Crippen LogP contribution is -2.58. The molecule has 3 unspecified atom stereocenters. The van der Waals surface area contributed by atoms with Crippen LogP contribution in [0.15, 0.2) is 47.2 Å². The average molecular weight is 534 g/mol. The molecular weight excluding hydrogens is 502 g/mol. The molecule has 0 heterocycles. The first kappa shape index (κ1) is 26.5. The molecule has 5 rings (SSSR count). The van der Waals surface area contributed by atoms with Crippen molar-refractivity contribution in [1.82, 2.24) is 0 Å². The van der Waals surface area contributed by atoms with Gasteiger partial charge in [-0.1, -0.05) is 26.0 Å². The fraction of sp³-hybridized carbons (Fsp3) is 0.367. The number of ketones is 2. The number of hydrogen-bond donors (Lipinski definition) is 5. The molecule has 1 fully saturated rings. The molecule has 9 heteroatoms. The largest absolute Gasteiger partial charge is 0.508 e. The van der Waals surface area contributed by atoms with E-state index in [0.717, 1.165) is 28.9 Å². The molecule has 0 saturated heterocycles. The van der Waals surface area contributed by atoms with Crippen LogP contribution in [-0.2, 0) is 27.2 Å². The number of rotatable bonds is 5. The molecule has 0 spiro atoms. The van der Waals surface area contributed by atoms with Gasteiger partial charge in [0.1, 0.15) is 28.6 Å². The summed E-state index contributed by atoms with van der Waals surface area (Å²) in [6, 6.07) is 8.97. The summed E-state index contributed by atoms with van der Waals surface area (Å²) in [5, 5.41) is 44.2. The van der Waals surface area contributed by atoms with Crippen molar-refractivity contribution in [3.63, 3.8) is 0 Å². The summed E-state index contributed by atoms with van der Waals surface area (Å²) in [6.45, 7) is 4.21. The fourth-order valence-corrected chi connectivity index (χ4v) is 6.44. The van der Waals surface area contributed by atoms with Crippen molar-refractivity contribution in [3.8, 4) is 22.6 Å². The van der Waals surface area contributed by atoms with Gasteiger partial charge in [-0.15, -0.1) is 0 Å². The summed E-state index contributed by atoms with van der Waals surface area (Å²) >= 11 is 0. The number of nitrogens with two attached hydrogens (primary N) is 1. The predicted molar refractivity (Wildman–Crippen MR) is 142 cm³/mol. The van der Waals surface area contributed by atoms with Crippen LogP contribution in [-0.4, -0.2) is 50.6 Å². The molecule has 1 saturated carbocycles. The maximum absolute atomic E-state index is 13.7. The first-order valence-corrected chi connectivity index (χ1v) is 12.9. The van der Waals surface area contributed by atoms with Gasteiger partial charge >= 0.3 is 0 Å². The van der Waals surface area contributed by atoms with E-state index < -0.39 is 52.0 Å². The van der Waals surface area contributed by atoms with Crippen molar-refractivity contribution in [2.45, 2.75) is 45.1 Å². The zero-order chi connectivity index (χ0) is 28.4. The predicted octanol–water partition coefficient (Wildman–Crippen LogP) is 3.30. The molecule has 9 nitrogen and oxygen atoms in total. The number of primary amides is 1. The van der Waals surface area contributed by atoms with Gasteiger partial charge in [0.2, 0.25) is 5.78 Å². The minimum atomic E-state index is -2.58. The third-order valence-corrected chi connectivity index (χ3v) is 8.17. The molecule has 2 aromatic rings. The number of amides is 1. The number of phenolic OH excluding ortho intramolecular Hbond substituents is 1. The summed E-state index contributed by atoms with van der Waals surface area (Å²) in [5.41, 5.74) is 5.00. The summed E-state index contributed by atoms with van der Waals surface area (Å²) in [5.74, 6) is -5.30. The highest BCUT2D eigenvalue weighted by atomic mass is 16.5. The maximum atomic E-state index is 13.7. The van der Waals surface area contributed by atoms with Crippen molar-refractivity contribution in [2.75, 3.05) is 7.11 Å². The fourth-order valence-electron chi connectivity index (χ4n) is 6.44. The number of hydrogen-bond acceptors (Lipinski definition) is 8. The Morgan fingerprint density at radius 1 is 1.13 bits per heavy atom. The molecule has 39 heavy (non-hydrogen) atoms. The Balaban J connectivity index is 1.67. The van der Waals surface area contributed by atoms with Gasteiger partial charge in [0.25, 0.3) is 5.91 Å². The molecule has 3 aliphatic carbocycles. The van der Waals surface area contributed by atoms with E-state index in [9.17, 15) is 34.8 Å². The van der Waals surface area contributed by atoms with Crippen LogP contribution < -0.4 is 10.5 Å². The molecule has 6 N–H and O–H groups in total. The van der Waals surface area contributed by atoms with Gasteiger partial charge in [0.15, 0.2) is 11.4 Å². The Kier molecular flexibility index (Phi) is 6.30.